The molecule has 4 nitrogen and oxygen atoms in total. The van der Waals surface area contributed by atoms with Crippen LogP contribution in [-0.2, 0) is 22.6 Å². The second-order valence-corrected chi connectivity index (χ2v) is 7.62. The first-order chi connectivity index (χ1) is 14.0. The topological polar surface area (TPSA) is 49.4 Å². The molecule has 0 heterocycles. The monoisotopic (exact) mass is 394 g/mol. The number of hydrogen-bond donors (Lipinski definition) is 1. The number of hydrogen-bond acceptors (Lipinski definition) is 2. The Kier molecular flexibility index (Phi) is 8.91. The fourth-order valence-corrected chi connectivity index (χ4v) is 3.47. The summed E-state index contributed by atoms with van der Waals surface area (Å²) in [7, 11) is 0. The van der Waals surface area contributed by atoms with Gasteiger partial charge in [0.05, 0.1) is 6.42 Å². The number of nitrogens with zero attached hydrogens (tertiary/aromatic N) is 1. The summed E-state index contributed by atoms with van der Waals surface area (Å²) in [6, 6.07) is 15.5. The minimum atomic E-state index is -0.469. The predicted octanol–water partition coefficient (Wildman–Crippen LogP) is 4.57. The number of nitrogens with one attached hydrogen (secondary N) is 1. The molecule has 0 aliphatic carbocycles. The van der Waals surface area contributed by atoms with E-state index in [4.69, 9.17) is 0 Å². The van der Waals surface area contributed by atoms with Crippen molar-refractivity contribution < 1.29 is 9.59 Å². The Balaban J connectivity index is 2.28. The molecule has 2 rings (SSSR count). The number of benzene rings is 2. The van der Waals surface area contributed by atoms with Crippen LogP contribution in [0.5, 0.6) is 0 Å². The van der Waals surface area contributed by atoms with Crippen molar-refractivity contribution in [3.05, 3.63) is 70.8 Å². The van der Waals surface area contributed by atoms with Crippen LogP contribution in [0.15, 0.2) is 48.5 Å². The third-order valence-corrected chi connectivity index (χ3v) is 5.42. The molecule has 0 spiro atoms. The molecule has 0 fully saturated rings. The summed E-state index contributed by atoms with van der Waals surface area (Å²) < 4.78 is 0. The third-order valence-electron chi connectivity index (χ3n) is 5.42. The zero-order chi connectivity index (χ0) is 21.2. The average Bonchev–Trinajstić information content (AvgIpc) is 2.71. The molecule has 29 heavy (non-hydrogen) atoms. The summed E-state index contributed by atoms with van der Waals surface area (Å²) in [5, 5.41) is 3.01. The molecule has 0 aliphatic heterocycles. The highest BCUT2D eigenvalue weighted by Crippen LogP contribution is 2.18. The fourth-order valence-electron chi connectivity index (χ4n) is 3.47. The van der Waals surface area contributed by atoms with E-state index in [1.54, 1.807) is 4.90 Å². The Morgan fingerprint density at radius 1 is 0.931 bits per heavy atom. The number of aryl methyl sites for hydroxylation is 2. The van der Waals surface area contributed by atoms with E-state index in [0.717, 1.165) is 35.1 Å². The van der Waals surface area contributed by atoms with Crippen molar-refractivity contribution in [1.29, 1.82) is 0 Å². The Morgan fingerprint density at radius 3 is 2.07 bits per heavy atom. The third kappa shape index (κ3) is 6.45. The van der Waals surface area contributed by atoms with Crippen molar-refractivity contribution in [2.24, 2.45) is 0 Å². The van der Waals surface area contributed by atoms with Gasteiger partial charge in [0, 0.05) is 13.1 Å². The largest absolute Gasteiger partial charge is 0.354 e. The molecule has 2 aromatic carbocycles. The Morgan fingerprint density at radius 2 is 1.52 bits per heavy atom. The lowest BCUT2D eigenvalue weighted by molar-refractivity contribution is -0.141. The summed E-state index contributed by atoms with van der Waals surface area (Å²) in [4.78, 5) is 28.0. The summed E-state index contributed by atoms with van der Waals surface area (Å²) >= 11 is 0. The van der Waals surface area contributed by atoms with Gasteiger partial charge in [-0.1, -0.05) is 68.8 Å². The van der Waals surface area contributed by atoms with Crippen LogP contribution in [0.2, 0.25) is 0 Å². The second kappa shape index (κ2) is 11.4. The van der Waals surface area contributed by atoms with Crippen LogP contribution in [0.25, 0.3) is 0 Å². The zero-order valence-electron chi connectivity index (χ0n) is 18.2. The van der Waals surface area contributed by atoms with Crippen molar-refractivity contribution in [3.63, 3.8) is 0 Å². The number of unbranched alkanes of at least 4 members (excludes halogenated alkanes) is 1. The van der Waals surface area contributed by atoms with Crippen LogP contribution >= 0.6 is 0 Å². The molecular formula is C25H34N2O2. The Hall–Kier alpha value is -2.62. The molecule has 2 aromatic rings. The molecule has 0 aliphatic rings. The molecular weight excluding hydrogens is 360 g/mol. The van der Waals surface area contributed by atoms with Crippen molar-refractivity contribution in [1.82, 2.24) is 10.2 Å². The van der Waals surface area contributed by atoms with Gasteiger partial charge in [-0.2, -0.15) is 0 Å². The average molecular weight is 395 g/mol. The first-order valence-electron chi connectivity index (χ1n) is 10.6. The molecule has 0 saturated carbocycles. The number of rotatable bonds is 10. The van der Waals surface area contributed by atoms with E-state index in [1.807, 2.05) is 69.3 Å². The standard InChI is InChI=1S/C25H34N2O2/c1-5-7-16-26-25(29)23(6-2)27(18-22-15-11-9-13-20(22)4)24(28)17-21-14-10-8-12-19(21)3/h8-15,23H,5-7,16-18H2,1-4H3,(H,26,29)/t23-/m0/s1. The minimum Gasteiger partial charge on any atom is -0.354 e. The predicted molar refractivity (Wildman–Crippen MR) is 119 cm³/mol. The maximum absolute atomic E-state index is 13.4. The number of amides is 2. The Labute approximate surface area is 175 Å². The van der Waals surface area contributed by atoms with E-state index in [9.17, 15) is 9.59 Å². The molecule has 0 saturated heterocycles. The van der Waals surface area contributed by atoms with E-state index < -0.39 is 6.04 Å². The number of carbonyl (C=O) groups excluding carboxylic acids is 2. The van der Waals surface area contributed by atoms with Crippen LogP contribution in [-0.4, -0.2) is 29.3 Å². The van der Waals surface area contributed by atoms with Crippen LogP contribution in [0.1, 0.15) is 55.4 Å². The highest BCUT2D eigenvalue weighted by Gasteiger charge is 2.28. The fraction of sp³-hybridized carbons (Fsp3) is 0.440. The van der Waals surface area contributed by atoms with Gasteiger partial charge >= 0.3 is 0 Å². The molecule has 4 heteroatoms. The second-order valence-electron chi connectivity index (χ2n) is 7.62. The normalized spacial score (nSPS) is 11.7. The lowest BCUT2D eigenvalue weighted by Crippen LogP contribution is -2.49. The lowest BCUT2D eigenvalue weighted by Gasteiger charge is -2.31. The van der Waals surface area contributed by atoms with E-state index in [-0.39, 0.29) is 11.8 Å². The van der Waals surface area contributed by atoms with Gasteiger partial charge in [-0.3, -0.25) is 9.59 Å². The van der Waals surface area contributed by atoms with Crippen molar-refractivity contribution in [2.75, 3.05) is 6.54 Å². The van der Waals surface area contributed by atoms with Gasteiger partial charge < -0.3 is 10.2 Å². The first kappa shape index (κ1) is 22.7. The van der Waals surface area contributed by atoms with Crippen molar-refractivity contribution in [3.8, 4) is 0 Å². The maximum Gasteiger partial charge on any atom is 0.242 e. The lowest BCUT2D eigenvalue weighted by atomic mass is 10.0. The summed E-state index contributed by atoms with van der Waals surface area (Å²) in [6.45, 7) is 9.22. The van der Waals surface area contributed by atoms with Crippen LogP contribution < -0.4 is 5.32 Å². The van der Waals surface area contributed by atoms with Gasteiger partial charge in [-0.25, -0.2) is 0 Å². The molecule has 1 atom stereocenters. The molecule has 0 aromatic heterocycles. The van der Waals surface area contributed by atoms with Gasteiger partial charge in [-0.05, 0) is 48.9 Å². The van der Waals surface area contributed by atoms with Gasteiger partial charge in [0.15, 0.2) is 0 Å². The highest BCUT2D eigenvalue weighted by atomic mass is 16.2. The van der Waals surface area contributed by atoms with E-state index in [2.05, 4.69) is 12.2 Å². The quantitative estimate of drug-likeness (QED) is 0.600. The van der Waals surface area contributed by atoms with Crippen LogP contribution in [0.4, 0.5) is 0 Å². The molecule has 0 unspecified atom stereocenters. The number of carbonyl (C=O) groups is 2. The molecule has 2 amide bonds. The summed E-state index contributed by atoms with van der Waals surface area (Å²) in [6.07, 6.45) is 2.86. The first-order valence-corrected chi connectivity index (χ1v) is 10.6. The zero-order valence-corrected chi connectivity index (χ0v) is 18.2. The van der Waals surface area contributed by atoms with E-state index in [0.29, 0.717) is 25.9 Å². The van der Waals surface area contributed by atoms with Gasteiger partial charge in [0.2, 0.25) is 11.8 Å². The van der Waals surface area contributed by atoms with Crippen molar-refractivity contribution in [2.45, 2.75) is 66.0 Å². The molecule has 1 N–H and O–H groups in total. The maximum atomic E-state index is 13.4. The molecule has 0 bridgehead atoms. The van der Waals surface area contributed by atoms with Gasteiger partial charge in [0.1, 0.15) is 6.04 Å². The van der Waals surface area contributed by atoms with Crippen LogP contribution in [0.3, 0.4) is 0 Å². The van der Waals surface area contributed by atoms with Gasteiger partial charge in [0.25, 0.3) is 0 Å². The van der Waals surface area contributed by atoms with Gasteiger partial charge in [-0.15, -0.1) is 0 Å². The SMILES string of the molecule is CCCCNC(=O)[C@H](CC)N(Cc1ccccc1C)C(=O)Cc1ccccc1C. The summed E-state index contributed by atoms with van der Waals surface area (Å²) in [5.41, 5.74) is 4.30. The highest BCUT2D eigenvalue weighted by molar-refractivity contribution is 5.88. The minimum absolute atomic E-state index is 0.0138. The van der Waals surface area contributed by atoms with E-state index >= 15 is 0 Å². The van der Waals surface area contributed by atoms with Crippen molar-refractivity contribution >= 4 is 11.8 Å². The summed E-state index contributed by atoms with van der Waals surface area (Å²) in [5.74, 6) is -0.0762. The van der Waals surface area contributed by atoms with E-state index in [1.165, 1.54) is 0 Å². The molecule has 156 valence electrons. The smallest absolute Gasteiger partial charge is 0.242 e. The Bertz CT molecular complexity index is 816. The molecule has 0 radical (unpaired) electrons. The van der Waals surface area contributed by atoms with Crippen LogP contribution in [0, 0.1) is 13.8 Å².